The minimum absolute atomic E-state index is 0.0596. The second-order valence-electron chi connectivity index (χ2n) is 8.93. The molecule has 1 unspecified atom stereocenters. The Labute approximate surface area is 237 Å². The highest BCUT2D eigenvalue weighted by atomic mass is 35.5. The lowest BCUT2D eigenvalue weighted by molar-refractivity contribution is -0.139. The maximum absolute atomic E-state index is 13.3. The number of hydrogen-bond acceptors (Lipinski definition) is 5. The van der Waals surface area contributed by atoms with E-state index in [2.05, 4.69) is 10.2 Å². The Morgan fingerprint density at radius 1 is 1.00 bits per heavy atom. The van der Waals surface area contributed by atoms with E-state index in [0.717, 1.165) is 0 Å². The number of urea groups is 1. The van der Waals surface area contributed by atoms with Gasteiger partial charge < -0.3 is 15.0 Å². The molecule has 1 atom stereocenters. The fraction of sp³-hybridized carbons (Fsp3) is 0.370. The molecule has 4 rings (SSSR count). The van der Waals surface area contributed by atoms with Gasteiger partial charge in [-0.05, 0) is 49.7 Å². The number of carbonyl (C=O) groups is 3. The van der Waals surface area contributed by atoms with Crippen molar-refractivity contribution in [3.8, 4) is 0 Å². The van der Waals surface area contributed by atoms with Crippen LogP contribution in [0.1, 0.15) is 35.8 Å². The monoisotopic (exact) mass is 578 g/mol. The summed E-state index contributed by atoms with van der Waals surface area (Å²) in [6, 6.07) is 10.8. The van der Waals surface area contributed by atoms with Crippen molar-refractivity contribution in [3.05, 3.63) is 79.9 Å². The number of piperazine rings is 1. The van der Waals surface area contributed by atoms with Gasteiger partial charge >= 0.3 is 12.0 Å². The number of ether oxygens (including phenoxy) is 1. The van der Waals surface area contributed by atoms with E-state index >= 15 is 0 Å². The Hall–Kier alpha value is -2.78. The van der Waals surface area contributed by atoms with Gasteiger partial charge in [-0.1, -0.05) is 46.9 Å². The molecule has 0 radical (unpaired) electrons. The normalized spacial score (nSPS) is 18.4. The van der Waals surface area contributed by atoms with Crippen LogP contribution < -0.4 is 5.32 Å². The number of hydrogen-bond donors (Lipinski definition) is 1. The summed E-state index contributed by atoms with van der Waals surface area (Å²) in [5.74, 6) is -0.589. The van der Waals surface area contributed by atoms with E-state index in [1.54, 1.807) is 59.2 Å². The highest BCUT2D eigenvalue weighted by Crippen LogP contribution is 2.38. The first-order chi connectivity index (χ1) is 18.2. The molecule has 0 bridgehead atoms. The third-order valence-electron chi connectivity index (χ3n) is 6.67. The molecule has 2 aliphatic heterocycles. The van der Waals surface area contributed by atoms with E-state index in [0.29, 0.717) is 71.7 Å². The summed E-state index contributed by atoms with van der Waals surface area (Å²) in [5, 5.41) is 4.07. The van der Waals surface area contributed by atoms with Gasteiger partial charge in [0.05, 0.1) is 28.3 Å². The second kappa shape index (κ2) is 12.4. The molecule has 2 aliphatic rings. The minimum Gasteiger partial charge on any atom is -0.463 e. The second-order valence-corrected chi connectivity index (χ2v) is 10.1. The van der Waals surface area contributed by atoms with Crippen LogP contribution >= 0.6 is 34.8 Å². The van der Waals surface area contributed by atoms with Crippen LogP contribution in [0.5, 0.6) is 0 Å². The number of rotatable bonds is 7. The molecule has 0 aromatic heterocycles. The highest BCUT2D eigenvalue weighted by Gasteiger charge is 2.39. The van der Waals surface area contributed by atoms with Crippen LogP contribution in [0.15, 0.2) is 53.7 Å². The summed E-state index contributed by atoms with van der Waals surface area (Å²) in [6.07, 6.45) is 0. The summed E-state index contributed by atoms with van der Waals surface area (Å²) in [7, 11) is 0. The van der Waals surface area contributed by atoms with Crippen LogP contribution in [-0.2, 0) is 9.53 Å². The molecule has 0 saturated carbocycles. The van der Waals surface area contributed by atoms with Gasteiger partial charge in [0.1, 0.15) is 0 Å². The average molecular weight is 580 g/mol. The predicted octanol–water partition coefficient (Wildman–Crippen LogP) is 5.01. The number of amides is 3. The van der Waals surface area contributed by atoms with Crippen LogP contribution in [0.3, 0.4) is 0 Å². The molecule has 2 aromatic carbocycles. The number of nitrogens with one attached hydrogen (secondary N) is 1. The van der Waals surface area contributed by atoms with Gasteiger partial charge in [-0.15, -0.1) is 0 Å². The summed E-state index contributed by atoms with van der Waals surface area (Å²) in [6.45, 7) is 6.59. The van der Waals surface area contributed by atoms with Crippen molar-refractivity contribution in [2.24, 2.45) is 0 Å². The van der Waals surface area contributed by atoms with E-state index in [-0.39, 0.29) is 23.6 Å². The molecular formula is C27H29Cl3N4O4. The zero-order chi connectivity index (χ0) is 27.4. The van der Waals surface area contributed by atoms with Crippen molar-refractivity contribution in [2.45, 2.75) is 19.9 Å². The van der Waals surface area contributed by atoms with Gasteiger partial charge in [0.15, 0.2) is 0 Å². The van der Waals surface area contributed by atoms with Gasteiger partial charge in [-0.25, -0.2) is 9.59 Å². The molecule has 0 spiro atoms. The molecule has 8 nitrogen and oxygen atoms in total. The lowest BCUT2D eigenvalue weighted by Gasteiger charge is -2.40. The highest BCUT2D eigenvalue weighted by molar-refractivity contribution is 6.42. The van der Waals surface area contributed by atoms with E-state index in [1.165, 1.54) is 0 Å². The smallest absolute Gasteiger partial charge is 0.338 e. The lowest BCUT2D eigenvalue weighted by Crippen LogP contribution is -2.53. The maximum atomic E-state index is 13.3. The number of nitrogens with zero attached hydrogens (tertiary/aromatic N) is 3. The van der Waals surface area contributed by atoms with Gasteiger partial charge in [0.2, 0.25) is 0 Å². The number of halogens is 3. The van der Waals surface area contributed by atoms with Gasteiger partial charge in [-0.2, -0.15) is 0 Å². The summed E-state index contributed by atoms with van der Waals surface area (Å²) >= 11 is 18.7. The fourth-order valence-electron chi connectivity index (χ4n) is 4.73. The minimum atomic E-state index is -0.821. The molecule has 2 heterocycles. The molecule has 2 aromatic rings. The molecule has 38 heavy (non-hydrogen) atoms. The Balaban J connectivity index is 1.62. The van der Waals surface area contributed by atoms with Crippen molar-refractivity contribution >= 4 is 52.7 Å². The Kier molecular flexibility index (Phi) is 9.20. The number of benzene rings is 2. The van der Waals surface area contributed by atoms with Crippen molar-refractivity contribution in [1.82, 2.24) is 20.0 Å². The Morgan fingerprint density at radius 2 is 1.68 bits per heavy atom. The quantitative estimate of drug-likeness (QED) is 0.467. The zero-order valence-corrected chi connectivity index (χ0v) is 23.4. The molecule has 3 amide bonds. The molecular weight excluding hydrogens is 551 g/mol. The van der Waals surface area contributed by atoms with Gasteiger partial charge in [-0.3, -0.25) is 14.6 Å². The predicted molar refractivity (Wildman–Crippen MR) is 148 cm³/mol. The van der Waals surface area contributed by atoms with Crippen LogP contribution in [0.25, 0.3) is 0 Å². The Morgan fingerprint density at radius 3 is 2.32 bits per heavy atom. The average Bonchev–Trinajstić information content (AvgIpc) is 2.90. The van der Waals surface area contributed by atoms with E-state index < -0.39 is 12.0 Å². The van der Waals surface area contributed by atoms with E-state index in [1.807, 2.05) is 6.92 Å². The van der Waals surface area contributed by atoms with Gasteiger partial charge in [0, 0.05) is 55.6 Å². The summed E-state index contributed by atoms with van der Waals surface area (Å²) < 4.78 is 5.42. The first kappa shape index (κ1) is 28.2. The van der Waals surface area contributed by atoms with E-state index in [4.69, 9.17) is 39.5 Å². The lowest BCUT2D eigenvalue weighted by atomic mass is 9.94. The SMILES string of the molecule is CCOC(=O)C1=C(CN2CCN(C(=O)c3ccc(Cl)cc3)CC2)N(CC)C(=O)NC1c1cccc(Cl)c1Cl. The van der Waals surface area contributed by atoms with Crippen molar-refractivity contribution in [3.63, 3.8) is 0 Å². The molecule has 11 heteroatoms. The molecule has 202 valence electrons. The first-order valence-corrected chi connectivity index (χ1v) is 13.6. The maximum Gasteiger partial charge on any atom is 0.338 e. The third kappa shape index (κ3) is 5.94. The number of likely N-dealkylation sites (N-methyl/N-ethyl adjacent to an activating group) is 1. The number of carbonyl (C=O) groups excluding carboxylic acids is 3. The standard InChI is InChI=1S/C27H29Cl3N4O4/c1-3-34-21(16-32-12-14-33(15-13-32)25(35)17-8-10-18(28)11-9-17)22(26(36)38-4-2)24(31-27(34)37)19-6-5-7-20(29)23(19)30/h5-11,24H,3-4,12-16H2,1-2H3,(H,31,37). The van der Waals surface area contributed by atoms with Gasteiger partial charge in [0.25, 0.3) is 5.91 Å². The van der Waals surface area contributed by atoms with Crippen LogP contribution in [0.2, 0.25) is 15.1 Å². The molecule has 1 N–H and O–H groups in total. The van der Waals surface area contributed by atoms with Crippen LogP contribution in [0, 0.1) is 0 Å². The fourth-order valence-corrected chi connectivity index (χ4v) is 5.27. The summed E-state index contributed by atoms with van der Waals surface area (Å²) in [5.41, 5.74) is 1.96. The zero-order valence-electron chi connectivity index (χ0n) is 21.2. The molecule has 1 saturated heterocycles. The van der Waals surface area contributed by atoms with Crippen LogP contribution in [0.4, 0.5) is 4.79 Å². The third-order valence-corrected chi connectivity index (χ3v) is 7.75. The summed E-state index contributed by atoms with van der Waals surface area (Å²) in [4.78, 5) is 44.9. The van der Waals surface area contributed by atoms with Crippen molar-refractivity contribution < 1.29 is 19.1 Å². The molecule has 1 fully saturated rings. The number of esters is 1. The Bertz CT molecular complexity index is 1240. The largest absolute Gasteiger partial charge is 0.463 e. The van der Waals surface area contributed by atoms with Crippen molar-refractivity contribution in [2.75, 3.05) is 45.9 Å². The first-order valence-electron chi connectivity index (χ1n) is 12.4. The topological polar surface area (TPSA) is 82.2 Å². The molecule has 0 aliphatic carbocycles. The van der Waals surface area contributed by atoms with E-state index in [9.17, 15) is 14.4 Å². The van der Waals surface area contributed by atoms with Crippen molar-refractivity contribution in [1.29, 1.82) is 0 Å². The van der Waals surface area contributed by atoms with Crippen LogP contribution in [-0.4, -0.2) is 78.5 Å².